The fourth-order valence-corrected chi connectivity index (χ4v) is 3.70. The van der Waals surface area contributed by atoms with Crippen molar-refractivity contribution >= 4 is 11.6 Å². The maximum absolute atomic E-state index is 14.0. The Morgan fingerprint density at radius 2 is 1.82 bits per heavy atom. The van der Waals surface area contributed by atoms with E-state index in [4.69, 9.17) is 16.1 Å². The van der Waals surface area contributed by atoms with Crippen LogP contribution in [0, 0.1) is 5.82 Å². The van der Waals surface area contributed by atoms with Gasteiger partial charge in [-0.25, -0.2) is 4.39 Å². The minimum Gasteiger partial charge on any atom is -0.337 e. The maximum Gasteiger partial charge on any atom is 0.244 e. The molecule has 0 N–H and O–H groups in total. The van der Waals surface area contributed by atoms with Crippen LogP contribution in [-0.2, 0) is 6.54 Å². The first-order chi connectivity index (χ1) is 13.6. The smallest absolute Gasteiger partial charge is 0.244 e. The van der Waals surface area contributed by atoms with Crippen molar-refractivity contribution in [2.24, 2.45) is 0 Å². The van der Waals surface area contributed by atoms with Crippen molar-refractivity contribution in [3.63, 3.8) is 0 Å². The number of nitrogens with zero attached hydrogens (tertiary/aromatic N) is 4. The van der Waals surface area contributed by atoms with Crippen molar-refractivity contribution in [3.8, 4) is 11.4 Å². The molecule has 28 heavy (non-hydrogen) atoms. The highest BCUT2D eigenvalue weighted by atomic mass is 35.5. The van der Waals surface area contributed by atoms with Crippen molar-refractivity contribution in [2.45, 2.75) is 19.5 Å². The summed E-state index contributed by atoms with van der Waals surface area (Å²) in [6, 6.07) is 14.7. The first-order valence-corrected chi connectivity index (χ1v) is 9.78. The molecule has 4 rings (SSSR count). The fraction of sp³-hybridized carbons (Fsp3) is 0.333. The second-order valence-corrected chi connectivity index (χ2v) is 7.42. The first kappa shape index (κ1) is 19.1. The topological polar surface area (TPSA) is 45.4 Å². The van der Waals surface area contributed by atoms with Gasteiger partial charge in [-0.05, 0) is 19.1 Å². The molecule has 1 atom stereocenters. The van der Waals surface area contributed by atoms with E-state index in [1.807, 2.05) is 30.3 Å². The van der Waals surface area contributed by atoms with Gasteiger partial charge in [0.1, 0.15) is 5.82 Å². The highest BCUT2D eigenvalue weighted by Gasteiger charge is 2.26. The Kier molecular flexibility index (Phi) is 5.71. The lowest BCUT2D eigenvalue weighted by Gasteiger charge is -2.36. The molecule has 1 aliphatic heterocycles. The number of piperazine rings is 1. The summed E-state index contributed by atoms with van der Waals surface area (Å²) in [5, 5.41) is 4.59. The molecule has 2 heterocycles. The molecule has 0 bridgehead atoms. The molecule has 7 heteroatoms. The number of halogens is 2. The Bertz CT molecular complexity index is 905. The Morgan fingerprint density at radius 1 is 1.07 bits per heavy atom. The van der Waals surface area contributed by atoms with Crippen LogP contribution in [0.4, 0.5) is 4.39 Å². The molecule has 0 spiro atoms. The summed E-state index contributed by atoms with van der Waals surface area (Å²) in [7, 11) is 0. The van der Waals surface area contributed by atoms with E-state index >= 15 is 0 Å². The van der Waals surface area contributed by atoms with Crippen molar-refractivity contribution in [2.75, 3.05) is 26.2 Å². The molecule has 5 nitrogen and oxygen atoms in total. The predicted molar refractivity (Wildman–Crippen MR) is 106 cm³/mol. The number of aromatic nitrogens is 2. The summed E-state index contributed by atoms with van der Waals surface area (Å²) in [5.41, 5.74) is 1.51. The molecule has 1 unspecified atom stereocenters. The van der Waals surface area contributed by atoms with Crippen LogP contribution in [-0.4, -0.2) is 46.1 Å². The highest BCUT2D eigenvalue weighted by molar-refractivity contribution is 6.31. The molecule has 3 aromatic rings. The van der Waals surface area contributed by atoms with Gasteiger partial charge in [0.05, 0.1) is 6.04 Å². The molecule has 0 radical (unpaired) electrons. The van der Waals surface area contributed by atoms with E-state index in [-0.39, 0.29) is 11.9 Å². The highest BCUT2D eigenvalue weighted by Crippen LogP contribution is 2.25. The summed E-state index contributed by atoms with van der Waals surface area (Å²) >= 11 is 6.16. The molecular formula is C21H22ClFN4O. The number of hydrogen-bond acceptors (Lipinski definition) is 5. The molecule has 1 aliphatic rings. The van der Waals surface area contributed by atoms with Gasteiger partial charge in [-0.2, -0.15) is 4.98 Å². The lowest BCUT2D eigenvalue weighted by molar-refractivity contribution is 0.0840. The average molecular weight is 401 g/mol. The number of benzene rings is 2. The average Bonchev–Trinajstić information content (AvgIpc) is 3.22. The zero-order valence-corrected chi connectivity index (χ0v) is 16.4. The van der Waals surface area contributed by atoms with Crippen LogP contribution in [0.5, 0.6) is 0 Å². The Morgan fingerprint density at radius 3 is 2.54 bits per heavy atom. The van der Waals surface area contributed by atoms with E-state index in [9.17, 15) is 4.39 Å². The molecule has 0 saturated carbocycles. The molecule has 146 valence electrons. The minimum atomic E-state index is -0.248. The van der Waals surface area contributed by atoms with E-state index in [0.717, 1.165) is 31.7 Å². The zero-order valence-electron chi connectivity index (χ0n) is 15.7. The molecule has 1 fully saturated rings. The van der Waals surface area contributed by atoms with Gasteiger partial charge in [-0.15, -0.1) is 0 Å². The first-order valence-electron chi connectivity index (χ1n) is 9.40. The van der Waals surface area contributed by atoms with Gasteiger partial charge >= 0.3 is 0 Å². The van der Waals surface area contributed by atoms with E-state index in [1.54, 1.807) is 12.1 Å². The summed E-state index contributed by atoms with van der Waals surface area (Å²) in [5.74, 6) is 0.974. The Balaban J connectivity index is 1.37. The van der Waals surface area contributed by atoms with Crippen molar-refractivity contribution in [1.29, 1.82) is 0 Å². The normalized spacial score (nSPS) is 17.0. The van der Waals surface area contributed by atoms with Crippen molar-refractivity contribution in [3.05, 3.63) is 70.8 Å². The van der Waals surface area contributed by atoms with Crippen LogP contribution in [0.1, 0.15) is 24.4 Å². The maximum atomic E-state index is 14.0. The third-order valence-corrected chi connectivity index (χ3v) is 5.58. The molecule has 1 saturated heterocycles. The summed E-state index contributed by atoms with van der Waals surface area (Å²) in [6.07, 6.45) is 0. The standard InChI is InChI=1S/C21H22ClFN4O/c1-15(21-24-20(25-28-21)16-6-3-2-4-7-16)27-12-10-26(11-13-27)14-17-18(22)8-5-9-19(17)23/h2-9,15H,10-14H2,1H3. The number of hydrogen-bond donors (Lipinski definition) is 0. The van der Waals surface area contributed by atoms with Crippen LogP contribution in [0.2, 0.25) is 5.02 Å². The predicted octanol–water partition coefficient (Wildman–Crippen LogP) is 4.41. The monoisotopic (exact) mass is 400 g/mol. The largest absolute Gasteiger partial charge is 0.337 e. The van der Waals surface area contributed by atoms with E-state index in [1.165, 1.54) is 6.07 Å². The van der Waals surface area contributed by atoms with Gasteiger partial charge in [0.25, 0.3) is 0 Å². The van der Waals surface area contributed by atoms with Gasteiger partial charge in [0, 0.05) is 48.9 Å². The van der Waals surface area contributed by atoms with Crippen LogP contribution in [0.25, 0.3) is 11.4 Å². The Labute approximate surface area is 168 Å². The van der Waals surface area contributed by atoms with Crippen LogP contribution in [0.3, 0.4) is 0 Å². The van der Waals surface area contributed by atoms with Gasteiger partial charge < -0.3 is 4.52 Å². The van der Waals surface area contributed by atoms with Crippen LogP contribution >= 0.6 is 11.6 Å². The third-order valence-electron chi connectivity index (χ3n) is 5.23. The fourth-order valence-electron chi connectivity index (χ4n) is 3.48. The quantitative estimate of drug-likeness (QED) is 0.634. The van der Waals surface area contributed by atoms with Crippen LogP contribution < -0.4 is 0 Å². The van der Waals surface area contributed by atoms with Crippen LogP contribution in [0.15, 0.2) is 53.1 Å². The molecular weight excluding hydrogens is 379 g/mol. The second kappa shape index (κ2) is 8.39. The lowest BCUT2D eigenvalue weighted by atomic mass is 10.1. The van der Waals surface area contributed by atoms with E-state index < -0.39 is 0 Å². The molecule has 2 aromatic carbocycles. The van der Waals surface area contributed by atoms with Gasteiger partial charge in [-0.3, -0.25) is 9.80 Å². The molecule has 0 amide bonds. The van der Waals surface area contributed by atoms with E-state index in [0.29, 0.717) is 28.8 Å². The summed E-state index contributed by atoms with van der Waals surface area (Å²) in [4.78, 5) is 9.09. The zero-order chi connectivity index (χ0) is 19.5. The Hall–Kier alpha value is -2.28. The SMILES string of the molecule is CC(c1nc(-c2ccccc2)no1)N1CCN(Cc2c(F)cccc2Cl)CC1. The van der Waals surface area contributed by atoms with Gasteiger partial charge in [0.2, 0.25) is 11.7 Å². The third kappa shape index (κ3) is 4.09. The summed E-state index contributed by atoms with van der Waals surface area (Å²) < 4.78 is 19.5. The van der Waals surface area contributed by atoms with Gasteiger partial charge in [-0.1, -0.05) is 53.2 Å². The number of rotatable bonds is 5. The molecule has 0 aliphatic carbocycles. The van der Waals surface area contributed by atoms with Gasteiger partial charge in [0.15, 0.2) is 0 Å². The summed E-state index contributed by atoms with van der Waals surface area (Å²) in [6.45, 7) is 5.94. The van der Waals surface area contributed by atoms with Crippen molar-refractivity contribution in [1.82, 2.24) is 19.9 Å². The minimum absolute atomic E-state index is 0.0316. The van der Waals surface area contributed by atoms with Crippen molar-refractivity contribution < 1.29 is 8.91 Å². The molecule has 1 aromatic heterocycles. The lowest BCUT2D eigenvalue weighted by Crippen LogP contribution is -2.46. The second-order valence-electron chi connectivity index (χ2n) is 7.01. The van der Waals surface area contributed by atoms with E-state index in [2.05, 4.69) is 26.9 Å².